The van der Waals surface area contributed by atoms with Gasteiger partial charge in [0.2, 0.25) is 0 Å². The normalized spacial score (nSPS) is 11.5. The molecule has 0 aliphatic carbocycles. The van der Waals surface area contributed by atoms with E-state index in [1.165, 1.54) is 5.56 Å². The third-order valence-corrected chi connectivity index (χ3v) is 6.32. The first-order valence-corrected chi connectivity index (χ1v) is 10.9. The number of aromatic nitrogens is 1. The maximum Gasteiger partial charge on any atom is 0.307 e. The number of furan rings is 1. The highest BCUT2D eigenvalue weighted by molar-refractivity contribution is 9.10. The summed E-state index contributed by atoms with van der Waals surface area (Å²) in [5.41, 5.74) is 8.51. The van der Waals surface area contributed by atoms with Crippen LogP contribution in [-0.2, 0) is 0 Å². The Morgan fingerprint density at radius 2 is 1.87 bits per heavy atom. The molecule has 1 N–H and O–H groups in total. The number of nitrogens with zero attached hydrogens (tertiary/aromatic N) is 2. The standard InChI is InChI=1S/C23H19Br2N3O2/c1-13-8-19(5-6-20(13)25)28-14(2)9-17(15(28)3)12-26-27-23(29)22-11-16-10-18(24)4-7-21(16)30-22/h4-12H,1-3H3,(H,27,29)/b26-12+. The van der Waals surface area contributed by atoms with Gasteiger partial charge in [-0.05, 0) is 74.9 Å². The van der Waals surface area contributed by atoms with Crippen LogP contribution in [0.5, 0.6) is 0 Å². The number of carbonyl (C=O) groups is 1. The number of rotatable bonds is 4. The SMILES string of the molecule is Cc1cc(-n2c(C)cc(/C=N/NC(=O)c3cc4cc(Br)ccc4o3)c2C)ccc1Br. The van der Waals surface area contributed by atoms with Crippen molar-refractivity contribution in [3.8, 4) is 5.69 Å². The third kappa shape index (κ3) is 4.00. The van der Waals surface area contributed by atoms with E-state index < -0.39 is 5.91 Å². The maximum absolute atomic E-state index is 12.4. The molecule has 2 aromatic carbocycles. The summed E-state index contributed by atoms with van der Waals surface area (Å²) < 4.78 is 9.77. The molecule has 0 atom stereocenters. The molecule has 4 aromatic rings. The first kappa shape index (κ1) is 20.6. The highest BCUT2D eigenvalue weighted by Gasteiger charge is 2.13. The van der Waals surface area contributed by atoms with Crippen molar-refractivity contribution in [3.05, 3.63) is 85.8 Å². The van der Waals surface area contributed by atoms with Crippen molar-refractivity contribution in [3.63, 3.8) is 0 Å². The number of benzene rings is 2. The maximum atomic E-state index is 12.4. The predicted octanol–water partition coefficient (Wildman–Crippen LogP) is 6.44. The fourth-order valence-corrected chi connectivity index (χ4v) is 4.05. The van der Waals surface area contributed by atoms with Crippen LogP contribution >= 0.6 is 31.9 Å². The molecule has 4 rings (SSSR count). The van der Waals surface area contributed by atoms with E-state index in [9.17, 15) is 4.79 Å². The lowest BCUT2D eigenvalue weighted by Crippen LogP contribution is -2.16. The smallest absolute Gasteiger partial charge is 0.307 e. The van der Waals surface area contributed by atoms with E-state index in [1.54, 1.807) is 12.3 Å². The van der Waals surface area contributed by atoms with E-state index in [0.717, 1.165) is 37.0 Å². The molecule has 0 saturated heterocycles. The van der Waals surface area contributed by atoms with Gasteiger partial charge in [-0.1, -0.05) is 31.9 Å². The summed E-state index contributed by atoms with van der Waals surface area (Å²) in [6.45, 7) is 6.15. The van der Waals surface area contributed by atoms with Crippen LogP contribution in [0.15, 0.2) is 67.0 Å². The first-order chi connectivity index (χ1) is 14.3. The number of hydrogen-bond acceptors (Lipinski definition) is 3. The van der Waals surface area contributed by atoms with Gasteiger partial charge in [0.1, 0.15) is 5.58 Å². The number of carbonyl (C=O) groups excluding carboxylic acids is 1. The van der Waals surface area contributed by atoms with E-state index in [2.05, 4.69) is 66.0 Å². The molecular weight excluding hydrogens is 510 g/mol. The van der Waals surface area contributed by atoms with Crippen molar-refractivity contribution in [2.75, 3.05) is 0 Å². The van der Waals surface area contributed by atoms with Crippen LogP contribution in [0.4, 0.5) is 0 Å². The van der Waals surface area contributed by atoms with Crippen LogP contribution in [0, 0.1) is 20.8 Å². The van der Waals surface area contributed by atoms with Crippen molar-refractivity contribution < 1.29 is 9.21 Å². The lowest BCUT2D eigenvalue weighted by molar-refractivity contribution is 0.0929. The Morgan fingerprint density at radius 1 is 1.07 bits per heavy atom. The van der Waals surface area contributed by atoms with E-state index in [-0.39, 0.29) is 5.76 Å². The summed E-state index contributed by atoms with van der Waals surface area (Å²) >= 11 is 6.96. The Labute approximate surface area is 191 Å². The van der Waals surface area contributed by atoms with Gasteiger partial charge in [0.25, 0.3) is 0 Å². The Kier molecular flexibility index (Phi) is 5.66. The number of nitrogens with one attached hydrogen (secondary N) is 1. The Hall–Kier alpha value is -2.64. The molecule has 0 fully saturated rings. The van der Waals surface area contributed by atoms with E-state index >= 15 is 0 Å². The molecule has 152 valence electrons. The van der Waals surface area contributed by atoms with Crippen LogP contribution in [0.25, 0.3) is 16.7 Å². The highest BCUT2D eigenvalue weighted by Crippen LogP contribution is 2.25. The van der Waals surface area contributed by atoms with Gasteiger partial charge in [-0.15, -0.1) is 0 Å². The minimum atomic E-state index is -0.393. The van der Waals surface area contributed by atoms with Gasteiger partial charge >= 0.3 is 5.91 Å². The second kappa shape index (κ2) is 8.24. The van der Waals surface area contributed by atoms with Gasteiger partial charge in [0, 0.05) is 37.0 Å². The van der Waals surface area contributed by atoms with Gasteiger partial charge < -0.3 is 8.98 Å². The average Bonchev–Trinajstić information content (AvgIpc) is 3.24. The summed E-state index contributed by atoms with van der Waals surface area (Å²) in [4.78, 5) is 12.4. The van der Waals surface area contributed by atoms with Gasteiger partial charge in [0.05, 0.1) is 6.21 Å². The number of hydrogen-bond donors (Lipinski definition) is 1. The van der Waals surface area contributed by atoms with Gasteiger partial charge in [-0.3, -0.25) is 4.79 Å². The largest absolute Gasteiger partial charge is 0.451 e. The van der Waals surface area contributed by atoms with Gasteiger partial charge in [0.15, 0.2) is 5.76 Å². The summed E-state index contributed by atoms with van der Waals surface area (Å²) in [5, 5.41) is 4.99. The zero-order chi connectivity index (χ0) is 21.4. The van der Waals surface area contributed by atoms with Crippen LogP contribution in [0.1, 0.15) is 33.1 Å². The van der Waals surface area contributed by atoms with Crippen LogP contribution in [-0.4, -0.2) is 16.7 Å². The molecule has 0 spiro atoms. The summed E-state index contributed by atoms with van der Waals surface area (Å²) in [5.74, 6) is -0.174. The van der Waals surface area contributed by atoms with E-state index in [0.29, 0.717) is 5.58 Å². The molecule has 0 aliphatic rings. The van der Waals surface area contributed by atoms with E-state index in [1.807, 2.05) is 44.2 Å². The number of amides is 1. The minimum Gasteiger partial charge on any atom is -0.451 e. The predicted molar refractivity (Wildman–Crippen MR) is 127 cm³/mol. The van der Waals surface area contributed by atoms with Crippen molar-refractivity contribution >= 4 is 55.0 Å². The summed E-state index contributed by atoms with van der Waals surface area (Å²) in [6, 6.07) is 15.6. The molecule has 1 amide bonds. The Bertz CT molecular complexity index is 1300. The zero-order valence-electron chi connectivity index (χ0n) is 16.7. The number of aryl methyl sites for hydroxylation is 2. The second-order valence-electron chi connectivity index (χ2n) is 7.09. The number of hydrazone groups is 1. The van der Waals surface area contributed by atoms with Crippen LogP contribution in [0.3, 0.4) is 0 Å². The lowest BCUT2D eigenvalue weighted by Gasteiger charge is -2.11. The second-order valence-corrected chi connectivity index (χ2v) is 8.86. The molecule has 2 heterocycles. The van der Waals surface area contributed by atoms with Gasteiger partial charge in [-0.25, -0.2) is 5.43 Å². The molecular formula is C23H19Br2N3O2. The van der Waals surface area contributed by atoms with Crippen molar-refractivity contribution in [1.82, 2.24) is 9.99 Å². The number of fused-ring (bicyclic) bond motifs is 1. The van der Waals surface area contributed by atoms with E-state index in [4.69, 9.17) is 4.42 Å². The monoisotopic (exact) mass is 527 g/mol. The van der Waals surface area contributed by atoms with Crippen molar-refractivity contribution in [2.45, 2.75) is 20.8 Å². The fraction of sp³-hybridized carbons (Fsp3) is 0.130. The zero-order valence-corrected chi connectivity index (χ0v) is 19.8. The molecule has 0 saturated carbocycles. The topological polar surface area (TPSA) is 59.5 Å². The number of halogens is 2. The molecule has 0 unspecified atom stereocenters. The van der Waals surface area contributed by atoms with Crippen LogP contribution in [0.2, 0.25) is 0 Å². The summed E-state index contributed by atoms with van der Waals surface area (Å²) in [6.07, 6.45) is 1.65. The molecule has 0 aliphatic heterocycles. The van der Waals surface area contributed by atoms with Crippen molar-refractivity contribution in [1.29, 1.82) is 0 Å². The fourth-order valence-electron chi connectivity index (χ4n) is 3.43. The third-order valence-electron chi connectivity index (χ3n) is 4.94. The Morgan fingerprint density at radius 3 is 2.63 bits per heavy atom. The van der Waals surface area contributed by atoms with Crippen molar-refractivity contribution in [2.24, 2.45) is 5.10 Å². The summed E-state index contributed by atoms with van der Waals surface area (Å²) in [7, 11) is 0. The molecule has 0 radical (unpaired) electrons. The molecule has 5 nitrogen and oxygen atoms in total. The molecule has 30 heavy (non-hydrogen) atoms. The molecule has 0 bridgehead atoms. The average molecular weight is 529 g/mol. The minimum absolute atomic E-state index is 0.219. The first-order valence-electron chi connectivity index (χ1n) is 9.31. The molecule has 7 heteroatoms. The lowest BCUT2D eigenvalue weighted by atomic mass is 10.2. The highest BCUT2D eigenvalue weighted by atomic mass is 79.9. The van der Waals surface area contributed by atoms with Gasteiger partial charge in [-0.2, -0.15) is 5.10 Å². The Balaban J connectivity index is 1.53. The molecule has 2 aromatic heterocycles. The van der Waals surface area contributed by atoms with Crippen LogP contribution < -0.4 is 5.43 Å². The quantitative estimate of drug-likeness (QED) is 0.245.